The Labute approximate surface area is 170 Å². The van der Waals surface area contributed by atoms with Gasteiger partial charge >= 0.3 is 0 Å². The minimum absolute atomic E-state index is 0.160. The average Bonchev–Trinajstić information content (AvgIpc) is 3.19. The number of benzene rings is 2. The van der Waals surface area contributed by atoms with Gasteiger partial charge in [0.15, 0.2) is 10.8 Å². The number of amides is 1. The van der Waals surface area contributed by atoms with Gasteiger partial charge in [0, 0.05) is 18.0 Å². The molecule has 0 aliphatic carbocycles. The smallest absolute Gasteiger partial charge is 0.281 e. The zero-order valence-electron chi connectivity index (χ0n) is 16.1. The third-order valence-electron chi connectivity index (χ3n) is 4.54. The van der Waals surface area contributed by atoms with Crippen molar-refractivity contribution in [2.24, 2.45) is 7.05 Å². The van der Waals surface area contributed by atoms with Crippen molar-refractivity contribution >= 4 is 33.3 Å². The topological polar surface area (TPSA) is 86.1 Å². The van der Waals surface area contributed by atoms with E-state index in [1.54, 1.807) is 20.2 Å². The molecule has 0 aliphatic heterocycles. The first kappa shape index (κ1) is 18.8. The van der Waals surface area contributed by atoms with E-state index in [9.17, 15) is 9.59 Å². The van der Waals surface area contributed by atoms with Gasteiger partial charge in [-0.05, 0) is 43.3 Å². The molecule has 0 bridgehead atoms. The molecule has 0 aliphatic rings. The molecule has 146 valence electrons. The van der Waals surface area contributed by atoms with Gasteiger partial charge in [-0.2, -0.15) is 5.10 Å². The Morgan fingerprint density at radius 2 is 1.93 bits per heavy atom. The van der Waals surface area contributed by atoms with Crippen molar-refractivity contribution in [3.63, 3.8) is 0 Å². The molecule has 0 radical (unpaired) electrons. The number of carbonyl (C=O) groups is 1. The Hall–Kier alpha value is -3.52. The van der Waals surface area contributed by atoms with Gasteiger partial charge in [0.05, 0.1) is 23.7 Å². The molecule has 1 N–H and O–H groups in total. The average molecular weight is 406 g/mol. The molecule has 0 spiro atoms. The van der Waals surface area contributed by atoms with Crippen molar-refractivity contribution in [3.8, 4) is 17.0 Å². The van der Waals surface area contributed by atoms with Crippen molar-refractivity contribution < 1.29 is 9.53 Å². The summed E-state index contributed by atoms with van der Waals surface area (Å²) >= 11 is 1.28. The van der Waals surface area contributed by atoms with Crippen LogP contribution in [-0.4, -0.2) is 27.8 Å². The normalized spacial score (nSPS) is 10.9. The van der Waals surface area contributed by atoms with E-state index in [2.05, 4.69) is 15.4 Å². The molecule has 29 heavy (non-hydrogen) atoms. The lowest BCUT2D eigenvalue weighted by molar-refractivity contribution is 0.101. The predicted octanol–water partition coefficient (Wildman–Crippen LogP) is 3.63. The molecular formula is C21H18N4O3S. The highest BCUT2D eigenvalue weighted by atomic mass is 32.1. The highest BCUT2D eigenvalue weighted by molar-refractivity contribution is 7.14. The summed E-state index contributed by atoms with van der Waals surface area (Å²) < 4.78 is 6.69. The second kappa shape index (κ2) is 7.48. The molecule has 8 heteroatoms. The minimum atomic E-state index is -0.579. The molecule has 0 fully saturated rings. The summed E-state index contributed by atoms with van der Waals surface area (Å²) in [6.45, 7) is 1.90. The fourth-order valence-corrected chi connectivity index (χ4v) is 3.74. The van der Waals surface area contributed by atoms with Crippen LogP contribution in [0, 0.1) is 6.92 Å². The van der Waals surface area contributed by atoms with Gasteiger partial charge in [0.1, 0.15) is 5.75 Å². The molecular weight excluding hydrogens is 388 g/mol. The molecule has 1 amide bonds. The number of nitrogens with one attached hydrogen (secondary N) is 1. The first-order valence-corrected chi connectivity index (χ1v) is 9.73. The third kappa shape index (κ3) is 3.62. The van der Waals surface area contributed by atoms with E-state index in [0.717, 1.165) is 22.6 Å². The van der Waals surface area contributed by atoms with Crippen LogP contribution in [0.1, 0.15) is 16.1 Å². The Morgan fingerprint density at radius 1 is 1.17 bits per heavy atom. The lowest BCUT2D eigenvalue weighted by Crippen LogP contribution is -2.26. The van der Waals surface area contributed by atoms with Crippen molar-refractivity contribution in [1.82, 2.24) is 14.8 Å². The molecule has 2 aromatic heterocycles. The number of fused-ring (bicyclic) bond motifs is 1. The molecule has 2 heterocycles. The first-order chi connectivity index (χ1) is 14.0. The van der Waals surface area contributed by atoms with E-state index >= 15 is 0 Å². The highest BCUT2D eigenvalue weighted by Gasteiger charge is 2.18. The number of aryl methyl sites for hydroxylation is 2. The van der Waals surface area contributed by atoms with Crippen LogP contribution in [0.25, 0.3) is 22.2 Å². The molecule has 2 aromatic carbocycles. The summed E-state index contributed by atoms with van der Waals surface area (Å²) in [6, 6.07) is 13.0. The summed E-state index contributed by atoms with van der Waals surface area (Å²) in [4.78, 5) is 29.9. The Bertz CT molecular complexity index is 1280. The zero-order valence-corrected chi connectivity index (χ0v) is 16.9. The quantitative estimate of drug-likeness (QED) is 0.559. The van der Waals surface area contributed by atoms with E-state index in [1.807, 2.05) is 48.7 Å². The van der Waals surface area contributed by atoms with Crippen LogP contribution < -0.4 is 15.5 Å². The molecule has 0 saturated carbocycles. The van der Waals surface area contributed by atoms with Crippen LogP contribution in [-0.2, 0) is 7.05 Å². The molecule has 4 aromatic rings. The number of hydrogen-bond acceptors (Lipinski definition) is 6. The van der Waals surface area contributed by atoms with Crippen LogP contribution in [0.2, 0.25) is 0 Å². The molecule has 0 atom stereocenters. The minimum Gasteiger partial charge on any atom is -0.497 e. The summed E-state index contributed by atoms with van der Waals surface area (Å²) in [5.41, 5.74) is 2.68. The molecule has 4 rings (SSSR count). The van der Waals surface area contributed by atoms with E-state index in [0.29, 0.717) is 16.0 Å². The number of carbonyl (C=O) groups excluding carboxylic acids is 1. The van der Waals surface area contributed by atoms with Crippen LogP contribution in [0.5, 0.6) is 5.75 Å². The van der Waals surface area contributed by atoms with Gasteiger partial charge in [0.2, 0.25) is 5.43 Å². The first-order valence-electron chi connectivity index (χ1n) is 8.85. The summed E-state index contributed by atoms with van der Waals surface area (Å²) in [6.07, 6.45) is 0. The number of nitrogens with zero attached hydrogens (tertiary/aromatic N) is 3. The van der Waals surface area contributed by atoms with Crippen LogP contribution >= 0.6 is 11.3 Å². The number of anilines is 1. The maximum absolute atomic E-state index is 12.8. The predicted molar refractivity (Wildman–Crippen MR) is 114 cm³/mol. The van der Waals surface area contributed by atoms with Crippen molar-refractivity contribution in [3.05, 3.63) is 69.3 Å². The number of aromatic nitrogens is 3. The van der Waals surface area contributed by atoms with E-state index in [4.69, 9.17) is 4.74 Å². The second-order valence-corrected chi connectivity index (χ2v) is 7.40. The number of hydrogen-bond donors (Lipinski definition) is 1. The van der Waals surface area contributed by atoms with Crippen LogP contribution in [0.15, 0.2) is 52.6 Å². The summed E-state index contributed by atoms with van der Waals surface area (Å²) in [5.74, 6) is 0.176. The van der Waals surface area contributed by atoms with E-state index < -0.39 is 11.3 Å². The second-order valence-electron chi connectivity index (χ2n) is 6.54. The molecule has 0 unspecified atom stereocenters. The summed E-state index contributed by atoms with van der Waals surface area (Å²) in [5, 5.41) is 9.55. The Morgan fingerprint density at radius 3 is 2.66 bits per heavy atom. The maximum atomic E-state index is 12.8. The lowest BCUT2D eigenvalue weighted by atomic mass is 10.1. The number of thiazole rings is 1. The van der Waals surface area contributed by atoms with Crippen LogP contribution in [0.4, 0.5) is 5.13 Å². The van der Waals surface area contributed by atoms with Crippen molar-refractivity contribution in [2.75, 3.05) is 12.4 Å². The third-order valence-corrected chi connectivity index (χ3v) is 5.29. The number of rotatable bonds is 4. The van der Waals surface area contributed by atoms with E-state index in [-0.39, 0.29) is 5.69 Å². The molecule has 7 nitrogen and oxygen atoms in total. The fraction of sp³-hybridized carbons (Fsp3) is 0.143. The Balaban J connectivity index is 1.62. The number of methoxy groups -OCH3 is 1. The monoisotopic (exact) mass is 406 g/mol. The Kier molecular flexibility index (Phi) is 4.85. The van der Waals surface area contributed by atoms with Crippen molar-refractivity contribution in [2.45, 2.75) is 6.92 Å². The van der Waals surface area contributed by atoms with E-state index in [1.165, 1.54) is 16.0 Å². The zero-order chi connectivity index (χ0) is 20.5. The van der Waals surface area contributed by atoms with Gasteiger partial charge < -0.3 is 4.74 Å². The van der Waals surface area contributed by atoms with Crippen molar-refractivity contribution in [1.29, 1.82) is 0 Å². The maximum Gasteiger partial charge on any atom is 0.281 e. The fourth-order valence-electron chi connectivity index (χ4n) is 3.02. The van der Waals surface area contributed by atoms with Gasteiger partial charge in [-0.25, -0.2) is 4.98 Å². The number of ether oxygens (including phenoxy) is 1. The lowest BCUT2D eigenvalue weighted by Gasteiger charge is -2.08. The van der Waals surface area contributed by atoms with Gasteiger partial charge in [0.25, 0.3) is 5.91 Å². The summed E-state index contributed by atoms with van der Waals surface area (Å²) in [7, 11) is 3.32. The van der Waals surface area contributed by atoms with Crippen LogP contribution in [0.3, 0.4) is 0 Å². The molecule has 0 saturated heterocycles. The SMILES string of the molecule is COc1ccc(-c2csc(NC(=O)c3nn(C)c4ccc(C)cc4c3=O)n2)cc1. The highest BCUT2D eigenvalue weighted by Crippen LogP contribution is 2.26. The standard InChI is InChI=1S/C21H18N4O3S/c1-12-4-9-17-15(10-12)19(26)18(24-25(17)2)20(27)23-21-22-16(11-29-21)13-5-7-14(28-3)8-6-13/h4-11H,1-3H3,(H,22,23,27). The van der Waals surface area contributed by atoms with Gasteiger partial charge in [-0.1, -0.05) is 11.6 Å². The van der Waals surface area contributed by atoms with Gasteiger partial charge in [-0.15, -0.1) is 11.3 Å². The largest absolute Gasteiger partial charge is 0.497 e. The van der Waals surface area contributed by atoms with Gasteiger partial charge in [-0.3, -0.25) is 19.6 Å².